The number of aliphatic hydroxyl groups is 3. The first-order valence-corrected chi connectivity index (χ1v) is 8.82. The van der Waals surface area contributed by atoms with Crippen molar-refractivity contribution in [2.45, 2.75) is 58.2 Å². The van der Waals surface area contributed by atoms with Gasteiger partial charge in [-0.1, -0.05) is 26.0 Å². The normalized spacial score (nSPS) is 56.8. The van der Waals surface area contributed by atoms with E-state index in [0.717, 1.165) is 25.7 Å². The van der Waals surface area contributed by atoms with Crippen LogP contribution in [0.15, 0.2) is 24.0 Å². The summed E-state index contributed by atoms with van der Waals surface area (Å²) in [4.78, 5) is 0. The van der Waals surface area contributed by atoms with Gasteiger partial charge in [0.15, 0.2) is 0 Å². The fourth-order valence-corrected chi connectivity index (χ4v) is 6.22. The highest BCUT2D eigenvalue weighted by molar-refractivity contribution is 5.26. The molecule has 3 nitrogen and oxygen atoms in total. The highest BCUT2D eigenvalue weighted by atomic mass is 16.3. The molecule has 122 valence electrons. The molecular weight excluding hydrogens is 276 g/mol. The SMILES string of the molecule is C[C@]12C=CC(O)CC1C=C(O)[C@@H]1[C@H]2CC[C@]2(C)C(O)CC[C@@H]12. The molecule has 0 aromatic heterocycles. The van der Waals surface area contributed by atoms with Crippen LogP contribution in [0.3, 0.4) is 0 Å². The number of rotatable bonds is 0. The molecule has 4 aliphatic rings. The van der Waals surface area contributed by atoms with Crippen LogP contribution >= 0.6 is 0 Å². The second kappa shape index (κ2) is 4.61. The fourth-order valence-electron chi connectivity index (χ4n) is 6.22. The van der Waals surface area contributed by atoms with Crippen molar-refractivity contribution in [1.29, 1.82) is 0 Å². The van der Waals surface area contributed by atoms with E-state index < -0.39 is 0 Å². The first kappa shape index (κ1) is 14.8. The third kappa shape index (κ3) is 1.75. The van der Waals surface area contributed by atoms with Gasteiger partial charge in [-0.25, -0.2) is 0 Å². The Labute approximate surface area is 132 Å². The van der Waals surface area contributed by atoms with Gasteiger partial charge in [0.1, 0.15) is 0 Å². The monoisotopic (exact) mass is 304 g/mol. The Hall–Kier alpha value is -0.800. The van der Waals surface area contributed by atoms with E-state index in [9.17, 15) is 15.3 Å². The van der Waals surface area contributed by atoms with Gasteiger partial charge in [0.05, 0.1) is 18.0 Å². The zero-order valence-electron chi connectivity index (χ0n) is 13.6. The molecule has 4 rings (SSSR count). The number of allylic oxidation sites excluding steroid dienone is 3. The Balaban J connectivity index is 1.76. The van der Waals surface area contributed by atoms with E-state index in [0.29, 0.717) is 24.0 Å². The first-order chi connectivity index (χ1) is 10.4. The average molecular weight is 304 g/mol. The van der Waals surface area contributed by atoms with Crippen LogP contribution in [0.25, 0.3) is 0 Å². The topological polar surface area (TPSA) is 60.7 Å². The lowest BCUT2D eigenvalue weighted by Gasteiger charge is -2.57. The molecule has 0 aromatic rings. The van der Waals surface area contributed by atoms with Gasteiger partial charge in [0.25, 0.3) is 0 Å². The molecule has 3 N–H and O–H groups in total. The minimum Gasteiger partial charge on any atom is -0.512 e. The quantitative estimate of drug-likeness (QED) is 0.602. The maximum absolute atomic E-state index is 10.8. The summed E-state index contributed by atoms with van der Waals surface area (Å²) in [6.07, 6.45) is 10.3. The van der Waals surface area contributed by atoms with Crippen LogP contribution in [-0.4, -0.2) is 27.5 Å². The Bertz CT molecular complexity index is 539. The summed E-state index contributed by atoms with van der Waals surface area (Å²) < 4.78 is 0. The Morgan fingerprint density at radius 3 is 2.64 bits per heavy atom. The standard InChI is InChI=1S/C19H28O3/c1-18-7-5-12(20)9-11(18)10-15(21)17-13-3-4-16(22)19(13,2)8-6-14(17)18/h5,7,10-14,16-17,20-22H,3-4,6,8-9H2,1-2H3/t11?,12?,13-,14+,16?,17-,18-,19-/m0/s1. The van der Waals surface area contributed by atoms with Crippen molar-refractivity contribution in [3.05, 3.63) is 24.0 Å². The highest BCUT2D eigenvalue weighted by Gasteiger charge is 2.60. The summed E-state index contributed by atoms with van der Waals surface area (Å²) in [6, 6.07) is 0. The molecule has 0 aromatic carbocycles. The van der Waals surface area contributed by atoms with Crippen LogP contribution in [0, 0.1) is 34.5 Å². The van der Waals surface area contributed by atoms with Gasteiger partial charge >= 0.3 is 0 Å². The Morgan fingerprint density at radius 1 is 1.09 bits per heavy atom. The van der Waals surface area contributed by atoms with Crippen LogP contribution in [0.1, 0.15) is 46.0 Å². The molecule has 0 aliphatic heterocycles. The van der Waals surface area contributed by atoms with E-state index in [1.807, 2.05) is 12.2 Å². The molecule has 0 saturated heterocycles. The van der Waals surface area contributed by atoms with E-state index in [4.69, 9.17) is 0 Å². The summed E-state index contributed by atoms with van der Waals surface area (Å²) in [5.41, 5.74) is -0.00488. The molecule has 3 heteroatoms. The number of hydrogen-bond acceptors (Lipinski definition) is 3. The van der Waals surface area contributed by atoms with Crippen molar-refractivity contribution in [2.75, 3.05) is 0 Å². The smallest absolute Gasteiger partial charge is 0.0922 e. The van der Waals surface area contributed by atoms with Crippen LogP contribution in [0.2, 0.25) is 0 Å². The predicted molar refractivity (Wildman–Crippen MR) is 85.1 cm³/mol. The third-order valence-corrected chi connectivity index (χ3v) is 7.70. The largest absolute Gasteiger partial charge is 0.512 e. The van der Waals surface area contributed by atoms with E-state index in [-0.39, 0.29) is 34.9 Å². The minimum atomic E-state index is -0.388. The van der Waals surface area contributed by atoms with Crippen LogP contribution in [-0.2, 0) is 0 Å². The molecule has 2 saturated carbocycles. The van der Waals surface area contributed by atoms with Crippen molar-refractivity contribution in [1.82, 2.24) is 0 Å². The van der Waals surface area contributed by atoms with Gasteiger partial charge < -0.3 is 15.3 Å². The summed E-state index contributed by atoms with van der Waals surface area (Å²) in [6.45, 7) is 4.52. The molecule has 2 fully saturated rings. The van der Waals surface area contributed by atoms with Gasteiger partial charge in [0.2, 0.25) is 0 Å². The third-order valence-electron chi connectivity index (χ3n) is 7.70. The van der Waals surface area contributed by atoms with Crippen LogP contribution < -0.4 is 0 Å². The van der Waals surface area contributed by atoms with Crippen molar-refractivity contribution in [3.63, 3.8) is 0 Å². The maximum atomic E-state index is 10.8. The highest BCUT2D eigenvalue weighted by Crippen LogP contribution is 2.64. The fraction of sp³-hybridized carbons (Fsp3) is 0.789. The second-order valence-corrected chi connectivity index (χ2v) is 8.60. The summed E-state index contributed by atoms with van der Waals surface area (Å²) in [5, 5.41) is 31.1. The molecule has 0 spiro atoms. The van der Waals surface area contributed by atoms with E-state index in [1.54, 1.807) is 0 Å². The summed E-state index contributed by atoms with van der Waals surface area (Å²) in [5.74, 6) is 1.74. The van der Waals surface area contributed by atoms with Crippen molar-refractivity contribution < 1.29 is 15.3 Å². The predicted octanol–water partition coefficient (Wildman–Crippen LogP) is 3.19. The zero-order chi connectivity index (χ0) is 15.7. The Morgan fingerprint density at radius 2 is 1.86 bits per heavy atom. The number of fused-ring (bicyclic) bond motifs is 5. The van der Waals surface area contributed by atoms with Gasteiger partial charge in [-0.15, -0.1) is 0 Å². The average Bonchev–Trinajstić information content (AvgIpc) is 2.77. The molecular formula is C19H28O3. The lowest BCUT2D eigenvalue weighted by Crippen LogP contribution is -2.52. The van der Waals surface area contributed by atoms with E-state index in [1.165, 1.54) is 0 Å². The van der Waals surface area contributed by atoms with E-state index >= 15 is 0 Å². The molecule has 0 amide bonds. The summed E-state index contributed by atoms with van der Waals surface area (Å²) in [7, 11) is 0. The molecule has 0 radical (unpaired) electrons. The molecule has 3 unspecified atom stereocenters. The number of aliphatic hydroxyl groups excluding tert-OH is 3. The Kier molecular flexibility index (Phi) is 3.09. The van der Waals surface area contributed by atoms with Gasteiger partial charge in [-0.05, 0) is 66.8 Å². The maximum Gasteiger partial charge on any atom is 0.0922 e. The molecule has 22 heavy (non-hydrogen) atoms. The summed E-state index contributed by atoms with van der Waals surface area (Å²) >= 11 is 0. The first-order valence-electron chi connectivity index (χ1n) is 8.82. The van der Waals surface area contributed by atoms with Crippen LogP contribution in [0.4, 0.5) is 0 Å². The lowest BCUT2D eigenvalue weighted by molar-refractivity contribution is -0.0752. The van der Waals surface area contributed by atoms with Gasteiger partial charge in [0, 0.05) is 5.92 Å². The van der Waals surface area contributed by atoms with Crippen LogP contribution in [0.5, 0.6) is 0 Å². The van der Waals surface area contributed by atoms with Gasteiger partial charge in [-0.3, -0.25) is 0 Å². The molecule has 0 bridgehead atoms. The van der Waals surface area contributed by atoms with Crippen molar-refractivity contribution in [2.24, 2.45) is 34.5 Å². The van der Waals surface area contributed by atoms with Crippen molar-refractivity contribution in [3.8, 4) is 0 Å². The minimum absolute atomic E-state index is 0.0327. The molecule has 4 aliphatic carbocycles. The number of hydrogen-bond donors (Lipinski definition) is 3. The second-order valence-electron chi connectivity index (χ2n) is 8.60. The van der Waals surface area contributed by atoms with Crippen molar-refractivity contribution >= 4 is 0 Å². The van der Waals surface area contributed by atoms with E-state index in [2.05, 4.69) is 19.9 Å². The molecule has 8 atom stereocenters. The lowest BCUT2D eigenvalue weighted by atomic mass is 9.48. The molecule has 0 heterocycles. The van der Waals surface area contributed by atoms with Gasteiger partial charge in [-0.2, -0.15) is 0 Å². The zero-order valence-corrected chi connectivity index (χ0v) is 13.6.